The largest absolute Gasteiger partial charge is 0.497 e. The fourth-order valence-electron chi connectivity index (χ4n) is 6.25. The summed E-state index contributed by atoms with van der Waals surface area (Å²) in [6, 6.07) is 13.5. The van der Waals surface area contributed by atoms with Gasteiger partial charge in [0, 0.05) is 24.4 Å². The lowest BCUT2D eigenvalue weighted by atomic mass is 9.91. The van der Waals surface area contributed by atoms with E-state index in [0.717, 1.165) is 15.1 Å². The number of pyridine rings is 1. The number of carboxylic acid groups (broad SMARTS) is 1. The van der Waals surface area contributed by atoms with Gasteiger partial charge in [-0.1, -0.05) is 6.07 Å². The fraction of sp³-hybridized carbons (Fsp3) is 0.371. The SMILES string of the molecule is COc1ccc2c(c1)[C@]1(C[C@H]1c1ccc3c(Nc4ccc(C(=O)N(C)C(C)C)nc4OC)nn(C(=O)OC(C)(C)C)c3c1)C(=O)N2C(=O)O. The summed E-state index contributed by atoms with van der Waals surface area (Å²) in [5.74, 6) is -0.226. The first-order valence-electron chi connectivity index (χ1n) is 15.7. The minimum atomic E-state index is -1.36. The van der Waals surface area contributed by atoms with Crippen LogP contribution in [0.2, 0.25) is 0 Å². The van der Waals surface area contributed by atoms with Crippen LogP contribution in [0.1, 0.15) is 68.6 Å². The second-order valence-corrected chi connectivity index (χ2v) is 13.4. The Morgan fingerprint density at radius 3 is 2.43 bits per heavy atom. The maximum Gasteiger partial charge on any atom is 0.435 e. The molecule has 2 N–H and O–H groups in total. The van der Waals surface area contributed by atoms with Crippen LogP contribution in [0.5, 0.6) is 11.6 Å². The molecule has 0 unspecified atom stereocenters. The first-order chi connectivity index (χ1) is 23.1. The predicted octanol–water partition coefficient (Wildman–Crippen LogP) is 5.91. The summed E-state index contributed by atoms with van der Waals surface area (Å²) in [7, 11) is 4.64. The van der Waals surface area contributed by atoms with Crippen molar-refractivity contribution >= 4 is 52.1 Å². The highest BCUT2D eigenvalue weighted by molar-refractivity contribution is 6.22. The molecular formula is C35H38N6O8. The van der Waals surface area contributed by atoms with Gasteiger partial charge in [-0.05, 0) is 94.6 Å². The number of ether oxygens (including phenoxy) is 3. The average Bonchev–Trinajstić information content (AvgIpc) is 3.64. The molecule has 14 nitrogen and oxygen atoms in total. The summed E-state index contributed by atoms with van der Waals surface area (Å²) in [6.45, 7) is 9.04. The molecule has 256 valence electrons. The van der Waals surface area contributed by atoms with E-state index in [1.165, 1.54) is 14.2 Å². The van der Waals surface area contributed by atoms with Crippen molar-refractivity contribution in [3.8, 4) is 11.6 Å². The van der Waals surface area contributed by atoms with Crippen LogP contribution in [-0.4, -0.2) is 81.7 Å². The highest BCUT2D eigenvalue weighted by Gasteiger charge is 2.68. The standard InChI is InChI=1S/C35H38N6O8/c1-18(2)39(6)30(42)25-13-12-24(29(37-25)48-8)36-28-21-11-9-19(15-27(21)41(38-28)33(46)49-34(3,4)5)23-17-35(23)22-16-20(47-7)10-14-26(22)40(31(35)43)32(44)45/h9-16,18,23H,17H2,1-8H3,(H,36,38)(H,44,45)/t23-,35-/m0/s1. The molecule has 0 saturated heterocycles. The van der Waals surface area contributed by atoms with Gasteiger partial charge in [-0.2, -0.15) is 4.68 Å². The minimum absolute atomic E-state index is 0.0304. The van der Waals surface area contributed by atoms with E-state index >= 15 is 0 Å². The van der Waals surface area contributed by atoms with Gasteiger partial charge in [-0.3, -0.25) is 9.59 Å². The van der Waals surface area contributed by atoms with Crippen LogP contribution in [-0.2, 0) is 14.9 Å². The van der Waals surface area contributed by atoms with E-state index in [0.29, 0.717) is 45.8 Å². The number of rotatable bonds is 7. The number of carbonyl (C=O) groups is 4. The molecule has 2 atom stereocenters. The lowest BCUT2D eigenvalue weighted by Crippen LogP contribution is -2.36. The maximum absolute atomic E-state index is 13.7. The second kappa shape index (κ2) is 11.8. The normalized spacial score (nSPS) is 18.1. The molecule has 1 aliphatic carbocycles. The summed E-state index contributed by atoms with van der Waals surface area (Å²) in [5, 5.41) is 18.2. The molecule has 1 saturated carbocycles. The van der Waals surface area contributed by atoms with Crippen LogP contribution in [0.25, 0.3) is 10.9 Å². The Hall–Kier alpha value is -5.66. The predicted molar refractivity (Wildman–Crippen MR) is 180 cm³/mol. The first-order valence-corrected chi connectivity index (χ1v) is 15.7. The number of imide groups is 1. The molecule has 1 aliphatic heterocycles. The third kappa shape index (κ3) is 5.56. The van der Waals surface area contributed by atoms with Gasteiger partial charge in [0.05, 0.1) is 30.8 Å². The molecule has 0 radical (unpaired) electrons. The molecule has 4 aromatic rings. The number of amides is 3. The highest BCUT2D eigenvalue weighted by atomic mass is 16.6. The zero-order chi connectivity index (χ0) is 35.6. The van der Waals surface area contributed by atoms with Crippen molar-refractivity contribution in [1.29, 1.82) is 0 Å². The molecule has 3 amide bonds. The topological polar surface area (TPSA) is 165 Å². The number of nitrogens with zero attached hydrogens (tertiary/aromatic N) is 5. The Balaban J connectivity index is 1.41. The monoisotopic (exact) mass is 670 g/mol. The Kier molecular flexibility index (Phi) is 8.00. The Morgan fingerprint density at radius 1 is 1.06 bits per heavy atom. The summed E-state index contributed by atoms with van der Waals surface area (Å²) in [5.41, 5.74) is 0.687. The van der Waals surface area contributed by atoms with Crippen LogP contribution in [0.3, 0.4) is 0 Å². The number of methoxy groups -OCH3 is 2. The molecule has 2 aromatic carbocycles. The van der Waals surface area contributed by atoms with E-state index < -0.39 is 29.1 Å². The summed E-state index contributed by atoms with van der Waals surface area (Å²) in [4.78, 5) is 59.1. The van der Waals surface area contributed by atoms with Gasteiger partial charge in [0.25, 0.3) is 5.91 Å². The van der Waals surface area contributed by atoms with Gasteiger partial charge in [0.15, 0.2) is 5.82 Å². The quantitative estimate of drug-likeness (QED) is 0.240. The molecule has 14 heteroatoms. The number of anilines is 3. The molecule has 1 fully saturated rings. The van der Waals surface area contributed by atoms with Crippen LogP contribution in [0.15, 0.2) is 48.5 Å². The van der Waals surface area contributed by atoms with E-state index in [2.05, 4.69) is 15.4 Å². The lowest BCUT2D eigenvalue weighted by molar-refractivity contribution is -0.119. The van der Waals surface area contributed by atoms with Crippen LogP contribution in [0, 0.1) is 0 Å². The van der Waals surface area contributed by atoms with Gasteiger partial charge in [-0.25, -0.2) is 19.5 Å². The molecule has 2 aliphatic rings. The second-order valence-electron chi connectivity index (χ2n) is 13.4. The van der Waals surface area contributed by atoms with E-state index in [1.54, 1.807) is 75.2 Å². The number of nitrogens with one attached hydrogen (secondary N) is 1. The van der Waals surface area contributed by atoms with Crippen molar-refractivity contribution < 1.29 is 38.5 Å². The summed E-state index contributed by atoms with van der Waals surface area (Å²) >= 11 is 0. The maximum atomic E-state index is 13.7. The highest BCUT2D eigenvalue weighted by Crippen LogP contribution is 2.67. The fourth-order valence-corrected chi connectivity index (χ4v) is 6.25. The van der Waals surface area contributed by atoms with Crippen LogP contribution in [0.4, 0.5) is 26.8 Å². The Morgan fingerprint density at radius 2 is 1.80 bits per heavy atom. The van der Waals surface area contributed by atoms with E-state index in [9.17, 15) is 24.3 Å². The van der Waals surface area contributed by atoms with Crippen molar-refractivity contribution in [3.63, 3.8) is 0 Å². The number of benzene rings is 2. The van der Waals surface area contributed by atoms with E-state index in [-0.39, 0.29) is 29.4 Å². The molecule has 6 rings (SSSR count). The number of hydrogen-bond donors (Lipinski definition) is 2. The number of aromatic nitrogens is 3. The molecule has 49 heavy (non-hydrogen) atoms. The van der Waals surface area contributed by atoms with Crippen molar-refractivity contribution in [3.05, 3.63) is 65.4 Å². The number of hydrogen-bond acceptors (Lipinski definition) is 10. The van der Waals surface area contributed by atoms with Gasteiger partial charge in [-0.15, -0.1) is 5.10 Å². The minimum Gasteiger partial charge on any atom is -0.497 e. The van der Waals surface area contributed by atoms with Gasteiger partial charge in [0.1, 0.15) is 22.7 Å². The zero-order valence-corrected chi connectivity index (χ0v) is 28.5. The van der Waals surface area contributed by atoms with Crippen molar-refractivity contribution in [2.45, 2.75) is 64.0 Å². The third-order valence-corrected chi connectivity index (χ3v) is 8.96. The van der Waals surface area contributed by atoms with E-state index in [4.69, 9.17) is 14.2 Å². The van der Waals surface area contributed by atoms with Gasteiger partial charge >= 0.3 is 12.2 Å². The smallest absolute Gasteiger partial charge is 0.435 e. The first kappa shape index (κ1) is 33.2. The van der Waals surface area contributed by atoms with Crippen LogP contribution >= 0.6 is 0 Å². The lowest BCUT2D eigenvalue weighted by Gasteiger charge is -2.21. The summed E-state index contributed by atoms with van der Waals surface area (Å²) < 4.78 is 17.7. The zero-order valence-electron chi connectivity index (χ0n) is 28.5. The third-order valence-electron chi connectivity index (χ3n) is 8.96. The molecule has 3 heterocycles. The van der Waals surface area contributed by atoms with Gasteiger partial charge < -0.3 is 29.5 Å². The number of fused-ring (bicyclic) bond motifs is 3. The van der Waals surface area contributed by atoms with Crippen molar-refractivity contribution in [2.24, 2.45) is 0 Å². The average molecular weight is 671 g/mol. The Bertz CT molecular complexity index is 2030. The number of carbonyl (C=O) groups excluding carboxylic acids is 3. The molecule has 2 aromatic heterocycles. The van der Waals surface area contributed by atoms with Crippen molar-refractivity contribution in [1.82, 2.24) is 19.7 Å². The van der Waals surface area contributed by atoms with Crippen molar-refractivity contribution in [2.75, 3.05) is 31.5 Å². The van der Waals surface area contributed by atoms with E-state index in [1.807, 2.05) is 19.9 Å². The molecule has 1 spiro atoms. The van der Waals surface area contributed by atoms with Gasteiger partial charge in [0.2, 0.25) is 11.8 Å². The molecule has 0 bridgehead atoms. The molecular weight excluding hydrogens is 632 g/mol. The van der Waals surface area contributed by atoms with Crippen LogP contribution < -0.4 is 19.7 Å². The summed E-state index contributed by atoms with van der Waals surface area (Å²) in [6.07, 6.45) is -1.71. The Labute approximate surface area is 282 Å².